The molecule has 0 aliphatic carbocycles. The molecule has 1 N–H and O–H groups in total. The zero-order chi connectivity index (χ0) is 16.1. The number of carbonyl (C=O) groups is 1. The van der Waals surface area contributed by atoms with Gasteiger partial charge in [0.1, 0.15) is 0 Å². The number of thioether (sulfide) groups is 1. The molecule has 0 unspecified atom stereocenters. The zero-order valence-corrected chi connectivity index (χ0v) is 14.1. The minimum Gasteiger partial charge on any atom is -0.407 e. The summed E-state index contributed by atoms with van der Waals surface area (Å²) in [6, 6.07) is 12.0. The van der Waals surface area contributed by atoms with E-state index in [-0.39, 0.29) is 18.3 Å². The summed E-state index contributed by atoms with van der Waals surface area (Å²) in [4.78, 5) is 14.3. The lowest BCUT2D eigenvalue weighted by molar-refractivity contribution is -0.115. The van der Waals surface area contributed by atoms with Crippen LogP contribution in [-0.2, 0) is 17.6 Å². The van der Waals surface area contributed by atoms with Crippen LogP contribution >= 0.6 is 23.1 Å². The normalized spacial score (nSPS) is 10.7. The van der Waals surface area contributed by atoms with Gasteiger partial charge in [-0.25, -0.2) is 0 Å². The first-order chi connectivity index (χ1) is 11.2. The fourth-order valence-corrected chi connectivity index (χ4v) is 3.13. The van der Waals surface area contributed by atoms with Crippen molar-refractivity contribution < 1.29 is 9.21 Å². The highest BCUT2D eigenvalue weighted by atomic mass is 32.2. The minimum absolute atomic E-state index is 0.141. The molecule has 5 nitrogen and oxygen atoms in total. The minimum atomic E-state index is -0.173. The van der Waals surface area contributed by atoms with Gasteiger partial charge in [0.25, 0.3) is 0 Å². The number of thiophene rings is 1. The summed E-state index contributed by atoms with van der Waals surface area (Å²) in [5.41, 5.74) is 0.943. The highest BCUT2D eigenvalue weighted by molar-refractivity contribution is 7.98. The maximum atomic E-state index is 12.0. The summed E-state index contributed by atoms with van der Waals surface area (Å²) in [7, 11) is 0. The molecule has 0 bridgehead atoms. The Morgan fingerprint density at radius 3 is 2.78 bits per heavy atom. The van der Waals surface area contributed by atoms with Crippen LogP contribution in [0.5, 0.6) is 0 Å². The molecular weight excluding hydrogens is 330 g/mol. The van der Waals surface area contributed by atoms with E-state index in [1.165, 1.54) is 4.90 Å². The Balaban J connectivity index is 1.56. The summed E-state index contributed by atoms with van der Waals surface area (Å²) in [5.74, 6) is 0.320. The maximum Gasteiger partial charge on any atom is 0.322 e. The molecule has 7 heteroatoms. The first kappa shape index (κ1) is 15.8. The van der Waals surface area contributed by atoms with Gasteiger partial charge in [-0.05, 0) is 35.4 Å². The fourth-order valence-electron chi connectivity index (χ4n) is 2.03. The number of benzene rings is 1. The average molecular weight is 345 g/mol. The molecule has 1 amide bonds. The molecule has 23 heavy (non-hydrogen) atoms. The topological polar surface area (TPSA) is 68.0 Å². The number of hydrogen-bond donors (Lipinski definition) is 1. The first-order valence-electron chi connectivity index (χ1n) is 7.00. The van der Waals surface area contributed by atoms with Crippen LogP contribution in [0.1, 0.15) is 16.3 Å². The van der Waals surface area contributed by atoms with Crippen LogP contribution < -0.4 is 5.32 Å². The second-order valence-electron chi connectivity index (χ2n) is 4.83. The molecule has 3 aromatic rings. The Hall–Kier alpha value is -2.12. The highest BCUT2D eigenvalue weighted by Crippen LogP contribution is 2.17. The van der Waals surface area contributed by atoms with E-state index >= 15 is 0 Å². The van der Waals surface area contributed by atoms with Gasteiger partial charge < -0.3 is 4.42 Å². The van der Waals surface area contributed by atoms with Crippen LogP contribution in [0.15, 0.2) is 51.1 Å². The Labute approximate surface area is 142 Å². The predicted molar refractivity (Wildman–Crippen MR) is 92.0 cm³/mol. The summed E-state index contributed by atoms with van der Waals surface area (Å²) in [6.45, 7) is 0. The first-order valence-corrected chi connectivity index (χ1v) is 9.11. The summed E-state index contributed by atoms with van der Waals surface area (Å²) < 4.78 is 5.45. The van der Waals surface area contributed by atoms with Crippen molar-refractivity contribution in [2.75, 3.05) is 11.6 Å². The van der Waals surface area contributed by atoms with E-state index in [1.54, 1.807) is 23.1 Å². The SMILES string of the molecule is CSc1ccc(CC(=O)Nc2nnc(Cc3cccs3)o2)cc1. The summed E-state index contributed by atoms with van der Waals surface area (Å²) >= 11 is 3.30. The molecule has 0 fully saturated rings. The van der Waals surface area contributed by atoms with Gasteiger partial charge in [-0.3, -0.25) is 10.1 Å². The Kier molecular flexibility index (Phi) is 5.09. The second kappa shape index (κ2) is 7.43. The molecule has 0 atom stereocenters. The highest BCUT2D eigenvalue weighted by Gasteiger charge is 2.11. The number of nitrogens with one attached hydrogen (secondary N) is 1. The quantitative estimate of drug-likeness (QED) is 0.691. The lowest BCUT2D eigenvalue weighted by atomic mass is 10.1. The van der Waals surface area contributed by atoms with Crippen molar-refractivity contribution in [1.29, 1.82) is 0 Å². The number of carbonyl (C=O) groups excluding carboxylic acids is 1. The van der Waals surface area contributed by atoms with Gasteiger partial charge in [0.2, 0.25) is 11.8 Å². The molecule has 0 aliphatic heterocycles. The van der Waals surface area contributed by atoms with Crippen molar-refractivity contribution >= 4 is 35.0 Å². The van der Waals surface area contributed by atoms with E-state index < -0.39 is 0 Å². The number of aromatic nitrogens is 2. The fraction of sp³-hybridized carbons (Fsp3) is 0.188. The summed E-state index contributed by atoms with van der Waals surface area (Å²) in [5, 5.41) is 12.4. The van der Waals surface area contributed by atoms with Crippen molar-refractivity contribution in [2.45, 2.75) is 17.7 Å². The predicted octanol–water partition coefficient (Wildman–Crippen LogP) is 3.63. The molecule has 0 saturated carbocycles. The van der Waals surface area contributed by atoms with Gasteiger partial charge in [0, 0.05) is 9.77 Å². The molecular formula is C16H15N3O2S2. The van der Waals surface area contributed by atoms with Crippen LogP contribution in [0, 0.1) is 0 Å². The molecule has 0 aliphatic rings. The van der Waals surface area contributed by atoms with Crippen molar-refractivity contribution in [1.82, 2.24) is 10.2 Å². The summed E-state index contributed by atoms with van der Waals surface area (Å²) in [6.07, 6.45) is 2.87. The van der Waals surface area contributed by atoms with Gasteiger partial charge in [0.15, 0.2) is 0 Å². The number of amides is 1. The number of nitrogens with zero attached hydrogens (tertiary/aromatic N) is 2. The van der Waals surface area contributed by atoms with Crippen molar-refractivity contribution in [3.63, 3.8) is 0 Å². The Bertz CT molecular complexity index is 767. The maximum absolute atomic E-state index is 12.0. The van der Waals surface area contributed by atoms with Crippen LogP contribution in [-0.4, -0.2) is 22.4 Å². The van der Waals surface area contributed by atoms with Gasteiger partial charge in [-0.15, -0.1) is 28.2 Å². The van der Waals surface area contributed by atoms with E-state index in [4.69, 9.17) is 4.42 Å². The lowest BCUT2D eigenvalue weighted by Gasteiger charge is -2.02. The average Bonchev–Trinajstić information content (AvgIpc) is 3.21. The van der Waals surface area contributed by atoms with E-state index in [9.17, 15) is 4.79 Å². The van der Waals surface area contributed by atoms with E-state index in [1.807, 2.05) is 48.0 Å². The number of rotatable bonds is 6. The number of hydrogen-bond acceptors (Lipinski definition) is 6. The molecule has 0 radical (unpaired) electrons. The van der Waals surface area contributed by atoms with Crippen molar-refractivity contribution in [2.24, 2.45) is 0 Å². The van der Waals surface area contributed by atoms with Gasteiger partial charge in [-0.2, -0.15) is 0 Å². The number of anilines is 1. The van der Waals surface area contributed by atoms with Crippen LogP contribution in [0.2, 0.25) is 0 Å². The second-order valence-corrected chi connectivity index (χ2v) is 6.74. The van der Waals surface area contributed by atoms with E-state index in [2.05, 4.69) is 15.5 Å². The molecule has 2 heterocycles. The Morgan fingerprint density at radius 2 is 2.09 bits per heavy atom. The van der Waals surface area contributed by atoms with E-state index in [0.29, 0.717) is 12.3 Å². The van der Waals surface area contributed by atoms with Gasteiger partial charge in [-0.1, -0.05) is 23.3 Å². The van der Waals surface area contributed by atoms with Gasteiger partial charge >= 0.3 is 6.01 Å². The van der Waals surface area contributed by atoms with Crippen LogP contribution in [0.4, 0.5) is 6.01 Å². The van der Waals surface area contributed by atoms with Crippen molar-refractivity contribution in [3.05, 3.63) is 58.1 Å². The largest absolute Gasteiger partial charge is 0.407 e. The third kappa shape index (κ3) is 4.43. The molecule has 0 saturated heterocycles. The smallest absolute Gasteiger partial charge is 0.322 e. The lowest BCUT2D eigenvalue weighted by Crippen LogP contribution is -2.14. The standard InChI is InChI=1S/C16H15N3O2S2/c1-22-12-6-4-11(5-7-12)9-14(20)17-16-19-18-15(21-16)10-13-3-2-8-23-13/h2-8H,9-10H2,1H3,(H,17,19,20). The third-order valence-corrected chi connectivity index (χ3v) is 4.76. The zero-order valence-electron chi connectivity index (χ0n) is 12.5. The van der Waals surface area contributed by atoms with Gasteiger partial charge in [0.05, 0.1) is 12.8 Å². The molecule has 0 spiro atoms. The third-order valence-electron chi connectivity index (χ3n) is 3.14. The molecule has 1 aromatic carbocycles. The van der Waals surface area contributed by atoms with Crippen LogP contribution in [0.3, 0.4) is 0 Å². The monoisotopic (exact) mass is 345 g/mol. The molecule has 118 valence electrons. The molecule has 3 rings (SSSR count). The molecule has 2 aromatic heterocycles. The van der Waals surface area contributed by atoms with Crippen molar-refractivity contribution in [3.8, 4) is 0 Å². The van der Waals surface area contributed by atoms with Crippen LogP contribution in [0.25, 0.3) is 0 Å². The Morgan fingerprint density at radius 1 is 1.26 bits per heavy atom. The van der Waals surface area contributed by atoms with E-state index in [0.717, 1.165) is 10.4 Å².